The Morgan fingerprint density at radius 2 is 0.881 bits per heavy atom. The highest BCUT2D eigenvalue weighted by Gasteiger charge is 2.32. The van der Waals surface area contributed by atoms with Gasteiger partial charge in [-0.15, -0.1) is 0 Å². The summed E-state index contributed by atoms with van der Waals surface area (Å²) in [6.45, 7) is 4.61. The van der Waals surface area contributed by atoms with Gasteiger partial charge in [0.05, 0.1) is 39.9 Å². The van der Waals surface area contributed by atoms with E-state index in [2.05, 4.69) is 55.6 Å². The normalized spacial score (nSPS) is 14.7. The van der Waals surface area contributed by atoms with Crippen molar-refractivity contribution in [1.29, 1.82) is 0 Å². The molecule has 0 radical (unpaired) electrons. The zero-order valence-electron chi connectivity index (χ0n) is 44.8. The maximum atomic E-state index is 13.0. The smallest absolute Gasteiger partial charge is 0.390 e. The SMILES string of the molecule is CCCCCCC/C=C\C/C=C\C/C=C\CCCCCCCCCCCCCCCCCCC(=O)NC(COP(=O)(O)OCC[N+](C)(C)C)C(O)C(O)CCCCCCCCCCCCCC. The van der Waals surface area contributed by atoms with Gasteiger partial charge in [-0.05, 0) is 51.4 Å². The second-order valence-electron chi connectivity index (χ2n) is 20.8. The van der Waals surface area contributed by atoms with Crippen molar-refractivity contribution in [2.75, 3.05) is 40.9 Å². The summed E-state index contributed by atoms with van der Waals surface area (Å²) in [5, 5.41) is 24.8. The summed E-state index contributed by atoms with van der Waals surface area (Å²) in [4.78, 5) is 23.3. The van der Waals surface area contributed by atoms with Gasteiger partial charge in [-0.25, -0.2) is 4.57 Å². The number of phosphoric ester groups is 1. The van der Waals surface area contributed by atoms with E-state index >= 15 is 0 Å². The first-order chi connectivity index (χ1) is 32.4. The number of nitrogens with one attached hydrogen (secondary N) is 1. The topological polar surface area (TPSA) is 125 Å². The summed E-state index contributed by atoms with van der Waals surface area (Å²) < 4.78 is 23.6. The van der Waals surface area contributed by atoms with Crippen LogP contribution in [0, 0.1) is 0 Å². The zero-order chi connectivity index (χ0) is 49.4. The van der Waals surface area contributed by atoms with E-state index in [-0.39, 0.29) is 12.5 Å². The molecule has 9 nitrogen and oxygen atoms in total. The highest BCUT2D eigenvalue weighted by molar-refractivity contribution is 7.47. The minimum absolute atomic E-state index is 0.0226. The van der Waals surface area contributed by atoms with Gasteiger partial charge in [0.1, 0.15) is 19.3 Å². The van der Waals surface area contributed by atoms with Gasteiger partial charge in [0.25, 0.3) is 0 Å². The van der Waals surface area contributed by atoms with Gasteiger partial charge in [0, 0.05) is 6.42 Å². The predicted octanol–water partition coefficient (Wildman–Crippen LogP) is 16.0. The molecule has 0 saturated heterocycles. The molecule has 0 heterocycles. The van der Waals surface area contributed by atoms with Crippen LogP contribution in [0.1, 0.15) is 264 Å². The monoisotopic (exact) mass is 968 g/mol. The van der Waals surface area contributed by atoms with Gasteiger partial charge in [-0.1, -0.05) is 243 Å². The largest absolute Gasteiger partial charge is 0.472 e. The van der Waals surface area contributed by atoms with Crippen LogP contribution in [0.25, 0.3) is 0 Å². The minimum atomic E-state index is -4.42. The van der Waals surface area contributed by atoms with Crippen LogP contribution in [0.4, 0.5) is 0 Å². The van der Waals surface area contributed by atoms with Crippen molar-refractivity contribution >= 4 is 13.7 Å². The number of carbonyl (C=O) groups is 1. The number of aliphatic hydroxyl groups excluding tert-OH is 2. The van der Waals surface area contributed by atoms with E-state index in [0.29, 0.717) is 23.9 Å². The van der Waals surface area contributed by atoms with Gasteiger partial charge in [0.2, 0.25) is 5.91 Å². The summed E-state index contributed by atoms with van der Waals surface area (Å²) >= 11 is 0. The van der Waals surface area contributed by atoms with Crippen molar-refractivity contribution in [1.82, 2.24) is 5.32 Å². The molecule has 0 aromatic heterocycles. The van der Waals surface area contributed by atoms with E-state index < -0.39 is 32.7 Å². The van der Waals surface area contributed by atoms with Crippen molar-refractivity contribution < 1.29 is 38.0 Å². The average Bonchev–Trinajstić information content (AvgIpc) is 3.29. The number of carbonyl (C=O) groups excluding carboxylic acids is 1. The van der Waals surface area contributed by atoms with Crippen LogP contribution in [-0.4, -0.2) is 84.6 Å². The summed E-state index contributed by atoms with van der Waals surface area (Å²) in [6, 6.07) is -1.03. The first-order valence-electron chi connectivity index (χ1n) is 28.4. The number of hydrogen-bond donors (Lipinski definition) is 4. The fourth-order valence-electron chi connectivity index (χ4n) is 8.45. The molecule has 4 unspecified atom stereocenters. The maximum Gasteiger partial charge on any atom is 0.472 e. The highest BCUT2D eigenvalue weighted by Crippen LogP contribution is 2.43. The number of likely N-dealkylation sites (N-methyl/N-ethyl adjacent to an activating group) is 1. The van der Waals surface area contributed by atoms with Crippen molar-refractivity contribution in [3.63, 3.8) is 0 Å². The molecule has 1 amide bonds. The molecule has 396 valence electrons. The van der Waals surface area contributed by atoms with Crippen molar-refractivity contribution in [2.24, 2.45) is 0 Å². The van der Waals surface area contributed by atoms with E-state index in [1.54, 1.807) is 0 Å². The third-order valence-electron chi connectivity index (χ3n) is 13.0. The summed E-state index contributed by atoms with van der Waals surface area (Å²) in [6.07, 6.45) is 58.0. The van der Waals surface area contributed by atoms with Crippen molar-refractivity contribution in [3.8, 4) is 0 Å². The second-order valence-corrected chi connectivity index (χ2v) is 22.3. The van der Waals surface area contributed by atoms with E-state index in [0.717, 1.165) is 51.4 Å². The number of phosphoric acid groups is 1. The average molecular weight is 969 g/mol. The molecule has 0 rings (SSSR count). The maximum absolute atomic E-state index is 13.0. The number of nitrogens with zero attached hydrogens (tertiary/aromatic N) is 1. The molecule has 0 aliphatic carbocycles. The number of unbranched alkanes of at least 4 members (excludes halogenated alkanes) is 32. The zero-order valence-corrected chi connectivity index (χ0v) is 45.7. The van der Waals surface area contributed by atoms with E-state index in [4.69, 9.17) is 9.05 Å². The number of allylic oxidation sites excluding steroid dienone is 6. The quantitative estimate of drug-likeness (QED) is 0.0207. The molecule has 67 heavy (non-hydrogen) atoms. The summed E-state index contributed by atoms with van der Waals surface area (Å²) in [5.41, 5.74) is 0. The Hall–Kier alpha value is -1.32. The molecule has 0 aliphatic heterocycles. The van der Waals surface area contributed by atoms with Crippen LogP contribution in [0.15, 0.2) is 36.5 Å². The molecule has 0 aliphatic rings. The third kappa shape index (κ3) is 49.5. The lowest BCUT2D eigenvalue weighted by atomic mass is 9.99. The van der Waals surface area contributed by atoms with E-state index in [1.165, 1.54) is 186 Å². The van der Waals surface area contributed by atoms with Gasteiger partial charge in [0.15, 0.2) is 0 Å². The molecule has 0 fully saturated rings. The molecule has 0 bridgehead atoms. The van der Waals surface area contributed by atoms with Crippen LogP contribution >= 0.6 is 7.82 Å². The molecule has 0 aromatic carbocycles. The molecule has 0 saturated carbocycles. The second kappa shape index (κ2) is 48.3. The Kier molecular flexibility index (Phi) is 47.4. The Balaban J connectivity index is 4.12. The van der Waals surface area contributed by atoms with Gasteiger partial charge < -0.3 is 24.9 Å². The molecular formula is C57H112N2O7P+. The Bertz CT molecular complexity index is 1210. The van der Waals surface area contributed by atoms with Crippen molar-refractivity contribution in [2.45, 2.75) is 283 Å². The molecule has 4 atom stereocenters. The van der Waals surface area contributed by atoms with Gasteiger partial charge >= 0.3 is 7.82 Å². The lowest BCUT2D eigenvalue weighted by Gasteiger charge is -2.28. The fraction of sp³-hybridized carbons (Fsp3) is 0.877. The van der Waals surface area contributed by atoms with Crippen LogP contribution in [0.2, 0.25) is 0 Å². The van der Waals surface area contributed by atoms with Crippen LogP contribution in [0.5, 0.6) is 0 Å². The highest BCUT2D eigenvalue weighted by atomic mass is 31.2. The third-order valence-corrected chi connectivity index (χ3v) is 14.0. The molecule has 10 heteroatoms. The van der Waals surface area contributed by atoms with Gasteiger partial charge in [-0.2, -0.15) is 0 Å². The summed E-state index contributed by atoms with van der Waals surface area (Å²) in [5.74, 6) is -0.256. The van der Waals surface area contributed by atoms with Gasteiger partial charge in [-0.3, -0.25) is 13.8 Å². The van der Waals surface area contributed by atoms with Crippen LogP contribution in [-0.2, 0) is 18.4 Å². The lowest BCUT2D eigenvalue weighted by molar-refractivity contribution is -0.870. The molecule has 0 aromatic rings. The Labute approximate surface area is 415 Å². The number of quaternary nitrogens is 1. The minimum Gasteiger partial charge on any atom is -0.390 e. The fourth-order valence-corrected chi connectivity index (χ4v) is 9.18. The number of rotatable bonds is 52. The first kappa shape index (κ1) is 65.7. The number of hydrogen-bond acceptors (Lipinski definition) is 6. The van der Waals surface area contributed by atoms with Crippen molar-refractivity contribution in [3.05, 3.63) is 36.5 Å². The molecule has 4 N–H and O–H groups in total. The summed E-state index contributed by atoms with van der Waals surface area (Å²) in [7, 11) is 1.44. The number of aliphatic hydroxyl groups is 2. The van der Waals surface area contributed by atoms with E-state index in [1.807, 2.05) is 21.1 Å². The van der Waals surface area contributed by atoms with E-state index in [9.17, 15) is 24.5 Å². The van der Waals surface area contributed by atoms with Crippen LogP contribution in [0.3, 0.4) is 0 Å². The molecular weight excluding hydrogens is 856 g/mol. The standard InChI is InChI=1S/C57H111N2O7P/c1-6-8-10-12-14-16-18-20-21-22-23-24-25-26-27-28-29-30-31-32-33-34-35-36-37-38-40-42-44-46-48-50-56(61)58-54(53-66-67(63,64)65-52-51-59(3,4)5)57(62)55(60)49-47-45-43-41-39-19-17-15-13-11-9-7-2/h18,20,22-23,25-26,54-55,57,60,62H,6-17,19,21,24,27-53H2,1-5H3,(H-,58,61,63,64)/p+1/b20-18-,23-22-,26-25-. The Morgan fingerprint density at radius 1 is 0.522 bits per heavy atom. The first-order valence-corrected chi connectivity index (χ1v) is 29.9. The number of amides is 1. The van der Waals surface area contributed by atoms with Crippen LogP contribution < -0.4 is 5.32 Å². The lowest BCUT2D eigenvalue weighted by Crippen LogP contribution is -2.51. The molecule has 0 spiro atoms. The Morgan fingerprint density at radius 3 is 1.28 bits per heavy atom. The predicted molar refractivity (Wildman–Crippen MR) is 287 cm³/mol.